The summed E-state index contributed by atoms with van der Waals surface area (Å²) in [7, 11) is -3.81. The number of rotatable bonds is 3. The Morgan fingerprint density at radius 1 is 1.21 bits per heavy atom. The number of amides is 2. The molecule has 184 valence electrons. The van der Waals surface area contributed by atoms with Gasteiger partial charge >= 0.3 is 0 Å². The molecule has 2 saturated carbocycles. The average molecular weight is 481 g/mol. The number of carbonyl (C=O) groups is 3. The van der Waals surface area contributed by atoms with Crippen molar-refractivity contribution in [3.8, 4) is 0 Å². The van der Waals surface area contributed by atoms with Crippen LogP contribution in [-0.2, 0) is 24.4 Å². The lowest BCUT2D eigenvalue weighted by Gasteiger charge is -2.28. The molecule has 5 atom stereocenters. The molecule has 0 unspecified atom stereocenters. The fraction of sp³-hybridized carbons (Fsp3) is 0.792. The van der Waals surface area contributed by atoms with E-state index in [4.69, 9.17) is 0 Å². The van der Waals surface area contributed by atoms with Gasteiger partial charge in [-0.2, -0.15) is 0 Å². The Morgan fingerprint density at radius 3 is 2.64 bits per heavy atom. The number of hydrogen-bond acceptors (Lipinski definition) is 6. The van der Waals surface area contributed by atoms with Crippen molar-refractivity contribution in [3.63, 3.8) is 0 Å². The summed E-state index contributed by atoms with van der Waals surface area (Å²) in [6, 6.07) is -0.771. The first-order valence-electron chi connectivity index (χ1n) is 12.2. The van der Waals surface area contributed by atoms with Gasteiger partial charge in [0.25, 0.3) is 0 Å². The number of fused-ring (bicyclic) bond motifs is 2. The number of aliphatic hydroxyl groups excluding tert-OH is 1. The van der Waals surface area contributed by atoms with E-state index in [1.807, 2.05) is 19.1 Å². The van der Waals surface area contributed by atoms with Gasteiger partial charge in [-0.25, -0.2) is 8.42 Å². The van der Waals surface area contributed by atoms with Gasteiger partial charge in [0.2, 0.25) is 21.8 Å². The van der Waals surface area contributed by atoms with E-state index in [0.717, 1.165) is 32.1 Å². The third-order valence-electron chi connectivity index (χ3n) is 8.14. The number of ketones is 1. The Morgan fingerprint density at radius 2 is 1.94 bits per heavy atom. The average Bonchev–Trinajstić information content (AvgIpc) is 3.62. The fourth-order valence-corrected chi connectivity index (χ4v) is 6.60. The van der Waals surface area contributed by atoms with Crippen LogP contribution in [0.3, 0.4) is 0 Å². The Hall–Kier alpha value is -1.74. The lowest BCUT2D eigenvalue weighted by molar-refractivity contribution is -0.141. The van der Waals surface area contributed by atoms with Gasteiger partial charge < -0.3 is 10.0 Å². The maximum atomic E-state index is 13.4. The molecular formula is C24H36N2O6S. The molecule has 2 heterocycles. The van der Waals surface area contributed by atoms with Crippen molar-refractivity contribution >= 4 is 27.6 Å². The molecule has 0 radical (unpaired) electrons. The van der Waals surface area contributed by atoms with Crippen molar-refractivity contribution in [2.45, 2.75) is 94.9 Å². The SMILES string of the molecule is C[C@H]1CCCCC/C=C\[C@H]2C[C@@]2(C(=O)NS(=O)(=O)C2(C)CC2)CC(=O)[C@@H]2C[C@@H](O)CN2C1=O. The van der Waals surface area contributed by atoms with Crippen molar-refractivity contribution in [2.24, 2.45) is 17.3 Å². The number of nitrogens with zero attached hydrogens (tertiary/aromatic N) is 1. The fourth-order valence-electron chi connectivity index (χ4n) is 5.27. The monoisotopic (exact) mass is 480 g/mol. The highest BCUT2D eigenvalue weighted by Gasteiger charge is 2.62. The number of allylic oxidation sites excluding steroid dienone is 2. The summed E-state index contributed by atoms with van der Waals surface area (Å²) < 4.78 is 26.7. The van der Waals surface area contributed by atoms with Crippen LogP contribution in [0.25, 0.3) is 0 Å². The molecule has 2 aliphatic carbocycles. The van der Waals surface area contributed by atoms with Crippen LogP contribution in [0.15, 0.2) is 12.2 Å². The quantitative estimate of drug-likeness (QED) is 0.597. The smallest absolute Gasteiger partial charge is 0.240 e. The summed E-state index contributed by atoms with van der Waals surface area (Å²) in [5.74, 6) is -1.46. The first-order valence-corrected chi connectivity index (χ1v) is 13.7. The Kier molecular flexibility index (Phi) is 6.50. The number of hydrogen-bond donors (Lipinski definition) is 2. The van der Waals surface area contributed by atoms with Crippen molar-refractivity contribution in [1.82, 2.24) is 9.62 Å². The van der Waals surface area contributed by atoms with E-state index in [1.165, 1.54) is 4.90 Å². The van der Waals surface area contributed by atoms with Crippen LogP contribution in [-0.4, -0.2) is 59.5 Å². The number of sulfonamides is 1. The Bertz CT molecular complexity index is 956. The maximum absolute atomic E-state index is 13.4. The van der Waals surface area contributed by atoms with E-state index in [-0.39, 0.29) is 42.9 Å². The second-order valence-electron chi connectivity index (χ2n) is 10.9. The first-order chi connectivity index (χ1) is 15.5. The second kappa shape index (κ2) is 8.80. The minimum atomic E-state index is -3.81. The van der Waals surface area contributed by atoms with E-state index >= 15 is 0 Å². The topological polar surface area (TPSA) is 121 Å². The number of Topliss-reactive ketones (excluding diaryl/α,β-unsaturated/α-hetero) is 1. The third-order valence-corrected chi connectivity index (χ3v) is 10.3. The molecule has 0 aromatic heterocycles. The van der Waals surface area contributed by atoms with Gasteiger partial charge in [0.1, 0.15) is 0 Å². The highest BCUT2D eigenvalue weighted by atomic mass is 32.2. The number of aliphatic hydroxyl groups is 1. The number of carbonyl (C=O) groups excluding carboxylic acids is 3. The first kappa shape index (κ1) is 24.4. The minimum absolute atomic E-state index is 0.120. The lowest BCUT2D eigenvalue weighted by Crippen LogP contribution is -2.46. The predicted octanol–water partition coefficient (Wildman–Crippen LogP) is 2.07. The lowest BCUT2D eigenvalue weighted by atomic mass is 9.91. The second-order valence-corrected chi connectivity index (χ2v) is 13.1. The van der Waals surface area contributed by atoms with Gasteiger partial charge in [0, 0.05) is 25.3 Å². The molecule has 2 amide bonds. The Balaban J connectivity index is 1.58. The highest BCUT2D eigenvalue weighted by Crippen LogP contribution is 2.57. The van der Waals surface area contributed by atoms with Crippen molar-refractivity contribution in [2.75, 3.05) is 6.54 Å². The summed E-state index contributed by atoms with van der Waals surface area (Å²) in [5, 5.41) is 10.2. The van der Waals surface area contributed by atoms with Crippen LogP contribution in [0.4, 0.5) is 0 Å². The molecule has 0 bridgehead atoms. The zero-order valence-corrected chi connectivity index (χ0v) is 20.4. The van der Waals surface area contributed by atoms with Crippen LogP contribution >= 0.6 is 0 Å². The van der Waals surface area contributed by atoms with E-state index in [2.05, 4.69) is 4.72 Å². The predicted molar refractivity (Wildman–Crippen MR) is 122 cm³/mol. The summed E-state index contributed by atoms with van der Waals surface area (Å²) in [6.07, 6.45) is 9.14. The molecule has 2 aliphatic heterocycles. The maximum Gasteiger partial charge on any atom is 0.240 e. The van der Waals surface area contributed by atoms with Crippen molar-refractivity contribution in [3.05, 3.63) is 12.2 Å². The molecule has 8 nitrogen and oxygen atoms in total. The molecule has 33 heavy (non-hydrogen) atoms. The zero-order chi connectivity index (χ0) is 24.0. The number of nitrogens with one attached hydrogen (secondary N) is 1. The van der Waals surface area contributed by atoms with Crippen molar-refractivity contribution < 1.29 is 27.9 Å². The van der Waals surface area contributed by atoms with E-state index in [0.29, 0.717) is 19.3 Å². The standard InChI is InChI=1S/C24H36N2O6S/c1-16-8-6-4-3-5-7-9-17-13-24(17,22(30)25-33(31,32)23(2)10-11-23)14-20(28)19-12-18(27)15-26(19)21(16)29/h7,9,16-19,27H,3-6,8,10-15H2,1-2H3,(H,25,30)/b9-7-/t16-,17-,18+,19-,24+/m0/s1. The molecule has 0 spiro atoms. The van der Waals surface area contributed by atoms with Gasteiger partial charge in [-0.1, -0.05) is 31.9 Å². The summed E-state index contributed by atoms with van der Waals surface area (Å²) in [6.45, 7) is 3.60. The zero-order valence-electron chi connectivity index (χ0n) is 19.6. The Labute approximate surface area is 196 Å². The molecular weight excluding hydrogens is 444 g/mol. The van der Waals surface area contributed by atoms with Crippen LogP contribution in [0, 0.1) is 17.3 Å². The summed E-state index contributed by atoms with van der Waals surface area (Å²) >= 11 is 0. The molecule has 0 aromatic rings. The van der Waals surface area contributed by atoms with Gasteiger partial charge in [-0.3, -0.25) is 19.1 Å². The summed E-state index contributed by atoms with van der Waals surface area (Å²) in [4.78, 5) is 41.2. The van der Waals surface area contributed by atoms with E-state index < -0.39 is 38.2 Å². The molecule has 3 fully saturated rings. The van der Waals surface area contributed by atoms with E-state index in [1.54, 1.807) is 6.92 Å². The normalized spacial score (nSPS) is 37.8. The minimum Gasteiger partial charge on any atom is -0.391 e. The largest absolute Gasteiger partial charge is 0.391 e. The van der Waals surface area contributed by atoms with Gasteiger partial charge in [-0.05, 0) is 51.4 Å². The van der Waals surface area contributed by atoms with Gasteiger partial charge in [0.05, 0.1) is 22.3 Å². The van der Waals surface area contributed by atoms with Crippen LogP contribution in [0.5, 0.6) is 0 Å². The molecule has 4 aliphatic rings. The van der Waals surface area contributed by atoms with Crippen LogP contribution in [0.1, 0.15) is 78.1 Å². The van der Waals surface area contributed by atoms with Crippen LogP contribution in [0.2, 0.25) is 0 Å². The molecule has 9 heteroatoms. The molecule has 1 saturated heterocycles. The summed E-state index contributed by atoms with van der Waals surface area (Å²) in [5.41, 5.74) is -1.11. The highest BCUT2D eigenvalue weighted by molar-refractivity contribution is 7.91. The van der Waals surface area contributed by atoms with Crippen LogP contribution < -0.4 is 4.72 Å². The molecule has 0 aromatic carbocycles. The third kappa shape index (κ3) is 4.76. The van der Waals surface area contributed by atoms with E-state index in [9.17, 15) is 27.9 Å². The molecule has 2 N–H and O–H groups in total. The van der Waals surface area contributed by atoms with Gasteiger partial charge in [-0.15, -0.1) is 0 Å². The van der Waals surface area contributed by atoms with Gasteiger partial charge in [0.15, 0.2) is 5.78 Å². The van der Waals surface area contributed by atoms with Crippen molar-refractivity contribution in [1.29, 1.82) is 0 Å². The molecule has 4 rings (SSSR count).